The van der Waals surface area contributed by atoms with Gasteiger partial charge >= 0.3 is 6.09 Å². The number of aryl methyl sites for hydroxylation is 3. The first-order valence-corrected chi connectivity index (χ1v) is 7.14. The van der Waals surface area contributed by atoms with Gasteiger partial charge in [-0.15, -0.1) is 0 Å². The van der Waals surface area contributed by atoms with Gasteiger partial charge < -0.3 is 4.74 Å². The van der Waals surface area contributed by atoms with Crippen LogP contribution in [0.25, 0.3) is 0 Å². The van der Waals surface area contributed by atoms with E-state index >= 15 is 0 Å². The highest BCUT2D eigenvalue weighted by molar-refractivity contribution is 6.32. The monoisotopic (exact) mass is 323 g/mol. The number of nitrogens with one attached hydrogen (secondary N) is 1. The van der Waals surface area contributed by atoms with Gasteiger partial charge in [0.1, 0.15) is 5.75 Å². The molecule has 0 saturated carbocycles. The number of amides is 1. The zero-order valence-corrected chi connectivity index (χ0v) is 13.5. The van der Waals surface area contributed by atoms with Crippen molar-refractivity contribution >= 4 is 35.0 Å². The third-order valence-corrected chi connectivity index (χ3v) is 3.89. The van der Waals surface area contributed by atoms with Crippen LogP contribution in [0.15, 0.2) is 30.3 Å². The molecule has 0 radical (unpaired) electrons. The number of hydrogen-bond donors (Lipinski definition) is 1. The maximum atomic E-state index is 11.9. The first kappa shape index (κ1) is 15.7. The molecule has 0 aliphatic rings. The third kappa shape index (κ3) is 3.90. The molecule has 0 spiro atoms. The van der Waals surface area contributed by atoms with Crippen LogP contribution in [0.3, 0.4) is 0 Å². The number of rotatable bonds is 2. The molecular weight excluding hydrogens is 309 g/mol. The molecule has 0 unspecified atom stereocenters. The average molecular weight is 324 g/mol. The fraction of sp³-hybridized carbons (Fsp3) is 0.188. The van der Waals surface area contributed by atoms with Gasteiger partial charge in [-0.2, -0.15) is 0 Å². The van der Waals surface area contributed by atoms with E-state index in [0.717, 1.165) is 16.7 Å². The minimum atomic E-state index is -0.568. The molecule has 0 aromatic heterocycles. The lowest BCUT2D eigenvalue weighted by Gasteiger charge is -2.11. The molecule has 2 aromatic carbocycles. The lowest BCUT2D eigenvalue weighted by atomic mass is 10.1. The molecular formula is C16H15Cl2NO2. The van der Waals surface area contributed by atoms with Gasteiger partial charge in [0, 0.05) is 15.7 Å². The fourth-order valence-electron chi connectivity index (χ4n) is 1.94. The lowest BCUT2D eigenvalue weighted by molar-refractivity contribution is 0.215. The molecule has 0 fully saturated rings. The third-order valence-electron chi connectivity index (χ3n) is 3.06. The number of halogens is 2. The van der Waals surface area contributed by atoms with E-state index in [2.05, 4.69) is 5.32 Å². The molecule has 1 N–H and O–H groups in total. The highest BCUT2D eigenvalue weighted by atomic mass is 35.5. The van der Waals surface area contributed by atoms with E-state index in [4.69, 9.17) is 27.9 Å². The first-order valence-electron chi connectivity index (χ1n) is 6.38. The summed E-state index contributed by atoms with van der Waals surface area (Å²) < 4.78 is 5.28. The van der Waals surface area contributed by atoms with Crippen molar-refractivity contribution in [1.29, 1.82) is 0 Å². The standard InChI is InChI=1S/C16H15Cl2NO2/c1-9-4-5-12(17)8-14(9)19-16(20)21-13-6-10(2)15(18)11(3)7-13/h4-8H,1-3H3,(H,19,20). The van der Waals surface area contributed by atoms with Gasteiger partial charge in [0.15, 0.2) is 0 Å². The van der Waals surface area contributed by atoms with E-state index in [0.29, 0.717) is 21.5 Å². The molecule has 0 heterocycles. The van der Waals surface area contributed by atoms with Crippen LogP contribution in [0.5, 0.6) is 5.75 Å². The van der Waals surface area contributed by atoms with Crippen LogP contribution in [0.4, 0.5) is 10.5 Å². The van der Waals surface area contributed by atoms with Crippen LogP contribution < -0.4 is 10.1 Å². The van der Waals surface area contributed by atoms with Crippen LogP contribution >= 0.6 is 23.2 Å². The zero-order chi connectivity index (χ0) is 15.6. The zero-order valence-electron chi connectivity index (χ0n) is 12.0. The van der Waals surface area contributed by atoms with E-state index < -0.39 is 6.09 Å². The Morgan fingerprint density at radius 3 is 2.24 bits per heavy atom. The molecule has 3 nitrogen and oxygen atoms in total. The van der Waals surface area contributed by atoms with Crippen molar-refractivity contribution in [2.24, 2.45) is 0 Å². The number of carbonyl (C=O) groups is 1. The number of hydrogen-bond acceptors (Lipinski definition) is 2. The Balaban J connectivity index is 2.13. The summed E-state index contributed by atoms with van der Waals surface area (Å²) >= 11 is 12.0. The molecule has 0 aliphatic heterocycles. The fourth-order valence-corrected chi connectivity index (χ4v) is 2.22. The Morgan fingerprint density at radius 1 is 1.00 bits per heavy atom. The van der Waals surface area contributed by atoms with Gasteiger partial charge in [-0.1, -0.05) is 29.3 Å². The van der Waals surface area contributed by atoms with E-state index in [1.54, 1.807) is 24.3 Å². The lowest BCUT2D eigenvalue weighted by Crippen LogP contribution is -2.17. The molecule has 0 aliphatic carbocycles. The van der Waals surface area contributed by atoms with Crippen LogP contribution in [-0.2, 0) is 0 Å². The Morgan fingerprint density at radius 2 is 1.62 bits per heavy atom. The highest BCUT2D eigenvalue weighted by Crippen LogP contribution is 2.26. The SMILES string of the molecule is Cc1ccc(Cl)cc1NC(=O)Oc1cc(C)c(Cl)c(C)c1. The number of anilines is 1. The van der Waals surface area contributed by atoms with Crippen molar-refractivity contribution in [3.8, 4) is 5.75 Å². The van der Waals surface area contributed by atoms with Crippen LogP contribution in [0.2, 0.25) is 10.0 Å². The van der Waals surface area contributed by atoms with Gasteiger partial charge in [0.2, 0.25) is 0 Å². The smallest absolute Gasteiger partial charge is 0.410 e. The maximum absolute atomic E-state index is 11.9. The van der Waals surface area contributed by atoms with E-state index in [1.165, 1.54) is 0 Å². The van der Waals surface area contributed by atoms with Gasteiger partial charge in [-0.25, -0.2) is 4.79 Å². The minimum absolute atomic E-state index is 0.451. The van der Waals surface area contributed by atoms with Gasteiger partial charge in [0.25, 0.3) is 0 Å². The van der Waals surface area contributed by atoms with Crippen LogP contribution in [0, 0.1) is 20.8 Å². The summed E-state index contributed by atoms with van der Waals surface area (Å²) in [4.78, 5) is 11.9. The molecule has 0 atom stereocenters. The maximum Gasteiger partial charge on any atom is 0.417 e. The van der Waals surface area contributed by atoms with Crippen molar-refractivity contribution in [2.75, 3.05) is 5.32 Å². The molecule has 2 rings (SSSR count). The highest BCUT2D eigenvalue weighted by Gasteiger charge is 2.10. The van der Waals surface area contributed by atoms with Crippen molar-refractivity contribution in [3.05, 3.63) is 57.1 Å². The Labute approximate surface area is 133 Å². The summed E-state index contributed by atoms with van der Waals surface area (Å²) in [6.07, 6.45) is -0.568. The Bertz CT molecular complexity index is 676. The summed E-state index contributed by atoms with van der Waals surface area (Å²) in [5.41, 5.74) is 3.24. The van der Waals surface area contributed by atoms with E-state index in [-0.39, 0.29) is 0 Å². The second kappa shape index (κ2) is 6.37. The van der Waals surface area contributed by atoms with E-state index in [1.807, 2.05) is 26.8 Å². The van der Waals surface area contributed by atoms with Crippen LogP contribution in [0.1, 0.15) is 16.7 Å². The number of ether oxygens (including phenoxy) is 1. The second-order valence-electron chi connectivity index (χ2n) is 4.84. The number of carbonyl (C=O) groups excluding carboxylic acids is 1. The Hall–Kier alpha value is -1.71. The normalized spacial score (nSPS) is 10.3. The van der Waals surface area contributed by atoms with Crippen molar-refractivity contribution in [3.63, 3.8) is 0 Å². The molecule has 21 heavy (non-hydrogen) atoms. The van der Waals surface area contributed by atoms with Crippen LogP contribution in [-0.4, -0.2) is 6.09 Å². The van der Waals surface area contributed by atoms with Crippen molar-refractivity contribution < 1.29 is 9.53 Å². The second-order valence-corrected chi connectivity index (χ2v) is 5.66. The Kier molecular flexibility index (Phi) is 4.76. The van der Waals surface area contributed by atoms with Gasteiger partial charge in [-0.3, -0.25) is 5.32 Å². The molecule has 2 aromatic rings. The van der Waals surface area contributed by atoms with Gasteiger partial charge in [-0.05, 0) is 61.7 Å². The molecule has 0 bridgehead atoms. The summed E-state index contributed by atoms with van der Waals surface area (Å²) in [6.45, 7) is 5.60. The summed E-state index contributed by atoms with van der Waals surface area (Å²) in [7, 11) is 0. The summed E-state index contributed by atoms with van der Waals surface area (Å²) in [6, 6.07) is 8.71. The predicted octanol–water partition coefficient (Wildman–Crippen LogP) is 5.53. The van der Waals surface area contributed by atoms with Crippen molar-refractivity contribution in [1.82, 2.24) is 0 Å². The largest absolute Gasteiger partial charge is 0.417 e. The quantitative estimate of drug-likeness (QED) is 0.789. The van der Waals surface area contributed by atoms with Gasteiger partial charge in [0.05, 0.1) is 0 Å². The molecule has 0 saturated heterocycles. The topological polar surface area (TPSA) is 38.3 Å². The van der Waals surface area contributed by atoms with Crippen molar-refractivity contribution in [2.45, 2.75) is 20.8 Å². The molecule has 1 amide bonds. The molecule has 5 heteroatoms. The first-order chi connectivity index (χ1) is 9.86. The predicted molar refractivity (Wildman–Crippen MR) is 86.8 cm³/mol. The average Bonchev–Trinajstić information content (AvgIpc) is 2.40. The molecule has 110 valence electrons. The van der Waals surface area contributed by atoms with E-state index in [9.17, 15) is 4.79 Å². The summed E-state index contributed by atoms with van der Waals surface area (Å²) in [5, 5.41) is 3.90. The summed E-state index contributed by atoms with van der Waals surface area (Å²) in [5.74, 6) is 0.451. The number of benzene rings is 2. The minimum Gasteiger partial charge on any atom is -0.410 e.